The van der Waals surface area contributed by atoms with E-state index in [9.17, 15) is 5.11 Å². The molecule has 0 bridgehead atoms. The fourth-order valence-electron chi connectivity index (χ4n) is 1.98. The number of thioether (sulfide) groups is 1. The highest BCUT2D eigenvalue weighted by atomic mass is 32.2. The van der Waals surface area contributed by atoms with Crippen molar-refractivity contribution in [2.24, 2.45) is 0 Å². The molecule has 0 radical (unpaired) electrons. The fraction of sp³-hybridized carbons (Fsp3) is 0.667. The van der Waals surface area contributed by atoms with Gasteiger partial charge in [0.1, 0.15) is 12.1 Å². The molecule has 0 amide bonds. The maximum Gasteiger partial charge on any atom is 0.137 e. The Bertz CT molecular complexity index is 384. The van der Waals surface area contributed by atoms with Gasteiger partial charge in [0.05, 0.1) is 6.61 Å². The standard InChI is InChI=1S/C12H19N3OS/c1-12(2)3-4-15(5-6-17-12)11-10(8-16)7-13-9-14-11/h7,9,16H,3-6,8H2,1-2H3. The van der Waals surface area contributed by atoms with Gasteiger partial charge in [-0.1, -0.05) is 13.8 Å². The highest BCUT2D eigenvalue weighted by Crippen LogP contribution is 2.32. The molecule has 0 unspecified atom stereocenters. The van der Waals surface area contributed by atoms with Crippen molar-refractivity contribution in [2.45, 2.75) is 31.6 Å². The Morgan fingerprint density at radius 3 is 3.06 bits per heavy atom. The molecule has 1 saturated heterocycles. The summed E-state index contributed by atoms with van der Waals surface area (Å²) < 4.78 is 0.334. The molecule has 0 aliphatic carbocycles. The first-order valence-corrected chi connectivity index (χ1v) is 6.89. The number of aromatic nitrogens is 2. The fourth-order valence-corrected chi connectivity index (χ4v) is 3.08. The Hall–Kier alpha value is -0.810. The molecule has 94 valence electrons. The van der Waals surface area contributed by atoms with Crippen LogP contribution in [0, 0.1) is 0 Å². The lowest BCUT2D eigenvalue weighted by molar-refractivity contribution is 0.281. The third-order valence-corrected chi connectivity index (χ3v) is 4.44. The lowest BCUT2D eigenvalue weighted by Crippen LogP contribution is -2.28. The van der Waals surface area contributed by atoms with Crippen LogP contribution in [-0.4, -0.2) is 38.7 Å². The molecule has 1 aliphatic rings. The Morgan fingerprint density at radius 2 is 2.29 bits per heavy atom. The van der Waals surface area contributed by atoms with E-state index in [1.165, 1.54) is 0 Å². The molecular weight excluding hydrogens is 234 g/mol. The van der Waals surface area contributed by atoms with Gasteiger partial charge in [-0.15, -0.1) is 0 Å². The normalized spacial score (nSPS) is 20.1. The first-order valence-electron chi connectivity index (χ1n) is 5.91. The van der Waals surface area contributed by atoms with Crippen LogP contribution >= 0.6 is 11.8 Å². The number of aliphatic hydroxyl groups excluding tert-OH is 1. The predicted octanol–water partition coefficient (Wildman–Crippen LogP) is 1.69. The zero-order valence-corrected chi connectivity index (χ0v) is 11.2. The van der Waals surface area contributed by atoms with Crippen molar-refractivity contribution in [2.75, 3.05) is 23.7 Å². The Labute approximate surface area is 106 Å². The SMILES string of the molecule is CC1(C)CCN(c2ncncc2CO)CCS1. The lowest BCUT2D eigenvalue weighted by atomic mass is 10.1. The van der Waals surface area contributed by atoms with E-state index in [-0.39, 0.29) is 6.61 Å². The molecule has 4 nitrogen and oxygen atoms in total. The molecule has 17 heavy (non-hydrogen) atoms. The van der Waals surface area contributed by atoms with Gasteiger partial charge in [0.25, 0.3) is 0 Å². The van der Waals surface area contributed by atoms with Gasteiger partial charge in [-0.05, 0) is 6.42 Å². The molecule has 1 N–H and O–H groups in total. The largest absolute Gasteiger partial charge is 0.391 e. The molecule has 5 heteroatoms. The summed E-state index contributed by atoms with van der Waals surface area (Å²) in [5.41, 5.74) is 0.817. The molecule has 1 aliphatic heterocycles. The van der Waals surface area contributed by atoms with E-state index in [1.807, 2.05) is 11.8 Å². The van der Waals surface area contributed by atoms with Crippen LogP contribution in [0.15, 0.2) is 12.5 Å². The van der Waals surface area contributed by atoms with Gasteiger partial charge < -0.3 is 10.0 Å². The maximum absolute atomic E-state index is 9.31. The van der Waals surface area contributed by atoms with Crippen LogP contribution in [0.2, 0.25) is 0 Å². The van der Waals surface area contributed by atoms with E-state index in [1.54, 1.807) is 12.5 Å². The smallest absolute Gasteiger partial charge is 0.137 e. The van der Waals surface area contributed by atoms with E-state index in [0.29, 0.717) is 4.75 Å². The number of nitrogens with zero attached hydrogens (tertiary/aromatic N) is 3. The highest BCUT2D eigenvalue weighted by molar-refractivity contribution is 8.00. The molecule has 1 aromatic rings. The van der Waals surface area contributed by atoms with Crippen LogP contribution in [0.3, 0.4) is 0 Å². The summed E-state index contributed by atoms with van der Waals surface area (Å²) in [7, 11) is 0. The second kappa shape index (κ2) is 5.23. The van der Waals surface area contributed by atoms with Crippen molar-refractivity contribution in [1.29, 1.82) is 0 Å². The summed E-state index contributed by atoms with van der Waals surface area (Å²) >= 11 is 2.01. The van der Waals surface area contributed by atoms with Crippen LogP contribution in [0.5, 0.6) is 0 Å². The van der Waals surface area contributed by atoms with E-state index >= 15 is 0 Å². The van der Waals surface area contributed by atoms with Crippen molar-refractivity contribution >= 4 is 17.6 Å². The topological polar surface area (TPSA) is 49.2 Å². The number of aliphatic hydroxyl groups is 1. The summed E-state index contributed by atoms with van der Waals surface area (Å²) in [6.07, 6.45) is 4.38. The minimum Gasteiger partial charge on any atom is -0.391 e. The van der Waals surface area contributed by atoms with Gasteiger partial charge in [-0.2, -0.15) is 11.8 Å². The summed E-state index contributed by atoms with van der Waals surface area (Å²) in [6, 6.07) is 0. The third kappa shape index (κ3) is 3.10. The molecule has 2 rings (SSSR count). The molecule has 0 atom stereocenters. The monoisotopic (exact) mass is 253 g/mol. The number of hydrogen-bond acceptors (Lipinski definition) is 5. The summed E-state index contributed by atoms with van der Waals surface area (Å²) in [4.78, 5) is 10.5. The number of rotatable bonds is 2. The van der Waals surface area contributed by atoms with Crippen LogP contribution in [0.25, 0.3) is 0 Å². The Morgan fingerprint density at radius 1 is 1.47 bits per heavy atom. The lowest BCUT2D eigenvalue weighted by Gasteiger charge is -2.24. The van der Waals surface area contributed by atoms with Crippen LogP contribution in [0.4, 0.5) is 5.82 Å². The molecule has 0 aromatic carbocycles. The molecule has 1 aromatic heterocycles. The minimum absolute atomic E-state index is 0.00318. The second-order valence-corrected chi connectivity index (χ2v) is 6.68. The number of hydrogen-bond donors (Lipinski definition) is 1. The van der Waals surface area contributed by atoms with Gasteiger partial charge in [-0.3, -0.25) is 0 Å². The van der Waals surface area contributed by atoms with Gasteiger partial charge in [-0.25, -0.2) is 9.97 Å². The summed E-state index contributed by atoms with van der Waals surface area (Å²) in [5.74, 6) is 1.99. The van der Waals surface area contributed by atoms with E-state index in [4.69, 9.17) is 0 Å². The van der Waals surface area contributed by atoms with Crippen molar-refractivity contribution in [1.82, 2.24) is 9.97 Å². The summed E-state index contributed by atoms with van der Waals surface area (Å²) in [6.45, 7) is 6.55. The zero-order valence-electron chi connectivity index (χ0n) is 10.4. The molecule has 2 heterocycles. The average molecular weight is 253 g/mol. The first-order chi connectivity index (χ1) is 8.12. The Balaban J connectivity index is 2.17. The van der Waals surface area contributed by atoms with Gasteiger partial charge in [0.2, 0.25) is 0 Å². The number of anilines is 1. The van der Waals surface area contributed by atoms with Crippen LogP contribution in [0.1, 0.15) is 25.8 Å². The maximum atomic E-state index is 9.31. The van der Waals surface area contributed by atoms with Gasteiger partial charge in [0, 0.05) is 35.3 Å². The highest BCUT2D eigenvalue weighted by Gasteiger charge is 2.25. The van der Waals surface area contributed by atoms with E-state index < -0.39 is 0 Å². The zero-order chi connectivity index (χ0) is 12.3. The average Bonchev–Trinajstić information content (AvgIpc) is 2.50. The minimum atomic E-state index is 0.00318. The quantitative estimate of drug-likeness (QED) is 0.869. The Kier molecular flexibility index (Phi) is 3.89. The molecule has 1 fully saturated rings. The first kappa shape index (κ1) is 12.6. The second-order valence-electron chi connectivity index (χ2n) is 4.87. The van der Waals surface area contributed by atoms with Crippen LogP contribution < -0.4 is 4.90 Å². The summed E-state index contributed by atoms with van der Waals surface area (Å²) in [5, 5.41) is 9.31. The predicted molar refractivity (Wildman–Crippen MR) is 71.3 cm³/mol. The van der Waals surface area contributed by atoms with Crippen molar-refractivity contribution in [3.8, 4) is 0 Å². The molecular formula is C12H19N3OS. The van der Waals surface area contributed by atoms with Gasteiger partial charge >= 0.3 is 0 Å². The molecule has 0 saturated carbocycles. The van der Waals surface area contributed by atoms with E-state index in [2.05, 4.69) is 28.7 Å². The van der Waals surface area contributed by atoms with Crippen molar-refractivity contribution in [3.63, 3.8) is 0 Å². The molecule has 0 spiro atoms. The third-order valence-electron chi connectivity index (χ3n) is 3.07. The van der Waals surface area contributed by atoms with Crippen molar-refractivity contribution < 1.29 is 5.11 Å². The van der Waals surface area contributed by atoms with E-state index in [0.717, 1.165) is 36.6 Å². The van der Waals surface area contributed by atoms with Gasteiger partial charge in [0.15, 0.2) is 0 Å². The van der Waals surface area contributed by atoms with Crippen LogP contribution in [-0.2, 0) is 6.61 Å². The van der Waals surface area contributed by atoms with Crippen molar-refractivity contribution in [3.05, 3.63) is 18.1 Å².